The van der Waals surface area contributed by atoms with E-state index in [4.69, 9.17) is 5.11 Å². The quantitative estimate of drug-likeness (QED) is 0.860. The average molecular weight is 247 g/mol. The molecule has 0 amide bonds. The fourth-order valence-corrected chi connectivity index (χ4v) is 2.80. The predicted octanol–water partition coefficient (Wildman–Crippen LogP) is 2.91. The molecule has 1 aliphatic carbocycles. The summed E-state index contributed by atoms with van der Waals surface area (Å²) in [6.45, 7) is 9.59. The van der Waals surface area contributed by atoms with Gasteiger partial charge in [-0.2, -0.15) is 0 Å². The lowest BCUT2D eigenvalue weighted by atomic mass is 10.0. The maximum atomic E-state index is 11.1. The normalized spacial score (nSPS) is 20.7. The zero-order chi connectivity index (χ0) is 13.6. The molecule has 0 aliphatic heterocycles. The molecular weight excluding hydrogens is 226 g/mol. The third-order valence-corrected chi connectivity index (χ3v) is 4.77. The standard InChI is InChI=1S/C15H21NO2/c1-14(2)13(15(14,3)4)16-9-10-7-5-6-8-11(10)12(17)18/h5-8,13,16H,9H2,1-4H3,(H,17,18). The highest BCUT2D eigenvalue weighted by molar-refractivity contribution is 5.89. The number of benzene rings is 1. The van der Waals surface area contributed by atoms with Crippen molar-refractivity contribution in [3.63, 3.8) is 0 Å². The molecule has 3 nitrogen and oxygen atoms in total. The lowest BCUT2D eigenvalue weighted by molar-refractivity contribution is 0.0695. The van der Waals surface area contributed by atoms with Crippen molar-refractivity contribution in [2.45, 2.75) is 40.3 Å². The van der Waals surface area contributed by atoms with Gasteiger partial charge in [0, 0.05) is 12.6 Å². The summed E-state index contributed by atoms with van der Waals surface area (Å²) in [5, 5.41) is 12.6. The number of rotatable bonds is 4. The van der Waals surface area contributed by atoms with Crippen LogP contribution in [-0.4, -0.2) is 17.1 Å². The van der Waals surface area contributed by atoms with Crippen LogP contribution >= 0.6 is 0 Å². The summed E-state index contributed by atoms with van der Waals surface area (Å²) in [5.41, 5.74) is 1.78. The van der Waals surface area contributed by atoms with Gasteiger partial charge in [-0.25, -0.2) is 4.79 Å². The summed E-state index contributed by atoms with van der Waals surface area (Å²) in [6.07, 6.45) is 0. The van der Waals surface area contributed by atoms with Gasteiger partial charge in [-0.05, 0) is 22.5 Å². The van der Waals surface area contributed by atoms with Gasteiger partial charge in [-0.15, -0.1) is 0 Å². The van der Waals surface area contributed by atoms with Crippen molar-refractivity contribution in [2.75, 3.05) is 0 Å². The molecule has 0 atom stereocenters. The molecule has 2 rings (SSSR count). The first-order valence-electron chi connectivity index (χ1n) is 6.33. The van der Waals surface area contributed by atoms with Gasteiger partial charge in [-0.3, -0.25) is 0 Å². The molecule has 2 N–H and O–H groups in total. The van der Waals surface area contributed by atoms with Crippen molar-refractivity contribution in [1.29, 1.82) is 0 Å². The maximum Gasteiger partial charge on any atom is 0.336 e. The Morgan fingerprint density at radius 3 is 2.28 bits per heavy atom. The largest absolute Gasteiger partial charge is 0.478 e. The highest BCUT2D eigenvalue weighted by Gasteiger charge is 2.64. The second-order valence-electron chi connectivity index (χ2n) is 6.22. The Morgan fingerprint density at radius 2 is 1.78 bits per heavy atom. The Balaban J connectivity index is 2.07. The van der Waals surface area contributed by atoms with Gasteiger partial charge >= 0.3 is 5.97 Å². The van der Waals surface area contributed by atoms with Crippen LogP contribution in [0.25, 0.3) is 0 Å². The molecule has 0 aromatic heterocycles. The molecule has 0 heterocycles. The molecule has 3 heteroatoms. The average Bonchev–Trinajstić information content (AvgIpc) is 2.67. The third-order valence-electron chi connectivity index (χ3n) is 4.77. The van der Waals surface area contributed by atoms with Crippen LogP contribution in [-0.2, 0) is 6.54 Å². The number of carboxylic acid groups (broad SMARTS) is 1. The fraction of sp³-hybridized carbons (Fsp3) is 0.533. The van der Waals surface area contributed by atoms with E-state index in [-0.39, 0.29) is 10.8 Å². The SMILES string of the molecule is CC1(C)C(NCc2ccccc2C(=O)O)C1(C)C. The Morgan fingerprint density at radius 1 is 1.22 bits per heavy atom. The van der Waals surface area contributed by atoms with Gasteiger partial charge < -0.3 is 10.4 Å². The van der Waals surface area contributed by atoms with E-state index < -0.39 is 5.97 Å². The first kappa shape index (κ1) is 13.1. The summed E-state index contributed by atoms with van der Waals surface area (Å²) < 4.78 is 0. The predicted molar refractivity (Wildman–Crippen MR) is 71.6 cm³/mol. The molecule has 1 fully saturated rings. The van der Waals surface area contributed by atoms with E-state index in [1.165, 1.54) is 0 Å². The first-order valence-corrected chi connectivity index (χ1v) is 6.33. The van der Waals surface area contributed by atoms with Crippen molar-refractivity contribution in [1.82, 2.24) is 5.32 Å². The maximum absolute atomic E-state index is 11.1. The van der Waals surface area contributed by atoms with Crippen molar-refractivity contribution in [2.24, 2.45) is 10.8 Å². The van der Waals surface area contributed by atoms with E-state index in [2.05, 4.69) is 33.0 Å². The minimum Gasteiger partial charge on any atom is -0.478 e. The van der Waals surface area contributed by atoms with Crippen LogP contribution in [0.2, 0.25) is 0 Å². The van der Waals surface area contributed by atoms with E-state index in [1.54, 1.807) is 12.1 Å². The van der Waals surface area contributed by atoms with Gasteiger partial charge in [0.1, 0.15) is 0 Å². The zero-order valence-corrected chi connectivity index (χ0v) is 11.4. The van der Waals surface area contributed by atoms with Crippen LogP contribution in [0.4, 0.5) is 0 Å². The number of carbonyl (C=O) groups is 1. The topological polar surface area (TPSA) is 49.3 Å². The molecule has 1 aliphatic rings. The summed E-state index contributed by atoms with van der Waals surface area (Å²) >= 11 is 0. The van der Waals surface area contributed by atoms with Crippen LogP contribution in [0.5, 0.6) is 0 Å². The highest BCUT2D eigenvalue weighted by atomic mass is 16.4. The number of hydrogen-bond acceptors (Lipinski definition) is 2. The van der Waals surface area contributed by atoms with Crippen LogP contribution in [0.1, 0.15) is 43.6 Å². The number of hydrogen-bond donors (Lipinski definition) is 2. The van der Waals surface area contributed by atoms with Crippen molar-refractivity contribution >= 4 is 5.97 Å². The zero-order valence-electron chi connectivity index (χ0n) is 11.4. The summed E-state index contributed by atoms with van der Waals surface area (Å²) in [5.74, 6) is -0.860. The Hall–Kier alpha value is -1.35. The molecular formula is C15H21NO2. The van der Waals surface area contributed by atoms with E-state index in [9.17, 15) is 4.79 Å². The second-order valence-corrected chi connectivity index (χ2v) is 6.22. The van der Waals surface area contributed by atoms with Crippen molar-refractivity contribution in [3.05, 3.63) is 35.4 Å². The number of aromatic carboxylic acids is 1. The monoisotopic (exact) mass is 247 g/mol. The number of nitrogens with one attached hydrogen (secondary N) is 1. The molecule has 0 radical (unpaired) electrons. The van der Waals surface area contributed by atoms with Gasteiger partial charge in [0.2, 0.25) is 0 Å². The van der Waals surface area contributed by atoms with E-state index >= 15 is 0 Å². The molecule has 0 saturated heterocycles. The summed E-state index contributed by atoms with van der Waals surface area (Å²) in [7, 11) is 0. The molecule has 0 unspecified atom stereocenters. The van der Waals surface area contributed by atoms with Gasteiger partial charge in [-0.1, -0.05) is 45.9 Å². The minimum atomic E-state index is -0.860. The second kappa shape index (κ2) is 4.09. The number of carboxylic acids is 1. The molecule has 1 aromatic rings. The van der Waals surface area contributed by atoms with Crippen molar-refractivity contribution in [3.8, 4) is 0 Å². The third kappa shape index (κ3) is 1.93. The van der Waals surface area contributed by atoms with E-state index in [1.807, 2.05) is 12.1 Å². The fourth-order valence-electron chi connectivity index (χ4n) is 2.80. The first-order chi connectivity index (χ1) is 8.28. The smallest absolute Gasteiger partial charge is 0.336 e. The van der Waals surface area contributed by atoms with Crippen LogP contribution < -0.4 is 5.32 Å². The lowest BCUT2D eigenvalue weighted by Crippen LogP contribution is -2.22. The van der Waals surface area contributed by atoms with Gasteiger partial charge in [0.25, 0.3) is 0 Å². The van der Waals surface area contributed by atoms with Crippen LogP contribution in [0.3, 0.4) is 0 Å². The summed E-state index contributed by atoms with van der Waals surface area (Å²) in [6, 6.07) is 7.61. The Bertz CT molecular complexity index is 463. The van der Waals surface area contributed by atoms with Crippen molar-refractivity contribution < 1.29 is 9.90 Å². The van der Waals surface area contributed by atoms with Crippen LogP contribution in [0.15, 0.2) is 24.3 Å². The minimum absolute atomic E-state index is 0.269. The molecule has 0 spiro atoms. The summed E-state index contributed by atoms with van der Waals surface area (Å²) in [4.78, 5) is 11.1. The Kier molecular flexibility index (Phi) is 2.98. The molecule has 98 valence electrons. The lowest BCUT2D eigenvalue weighted by Gasteiger charge is -2.09. The highest BCUT2D eigenvalue weighted by Crippen LogP contribution is 2.62. The molecule has 1 aromatic carbocycles. The van der Waals surface area contributed by atoms with Gasteiger partial charge in [0.15, 0.2) is 0 Å². The van der Waals surface area contributed by atoms with E-state index in [0.717, 1.165) is 5.56 Å². The Labute approximate surface area is 108 Å². The molecule has 18 heavy (non-hydrogen) atoms. The molecule has 1 saturated carbocycles. The van der Waals surface area contributed by atoms with Gasteiger partial charge in [0.05, 0.1) is 5.56 Å². The molecule has 0 bridgehead atoms. The van der Waals surface area contributed by atoms with Crippen LogP contribution in [0, 0.1) is 10.8 Å². The van der Waals surface area contributed by atoms with E-state index in [0.29, 0.717) is 18.2 Å².